The second-order valence-corrected chi connectivity index (χ2v) is 5.64. The SMILES string of the molecule is CSc1nc(NC(C)C)nc(N2C[C@H](CCl)OC2=N)n1. The lowest BCUT2D eigenvalue weighted by Crippen LogP contribution is -2.28. The van der Waals surface area contributed by atoms with E-state index in [2.05, 4.69) is 20.3 Å². The summed E-state index contributed by atoms with van der Waals surface area (Å²) in [6.45, 7) is 4.49. The number of anilines is 2. The van der Waals surface area contributed by atoms with Crippen LogP contribution < -0.4 is 10.2 Å². The summed E-state index contributed by atoms with van der Waals surface area (Å²) in [6, 6.07) is 0.231. The number of alkyl halides is 1. The molecule has 0 unspecified atom stereocenters. The maximum absolute atomic E-state index is 7.83. The zero-order valence-corrected chi connectivity index (χ0v) is 13.1. The number of nitrogens with one attached hydrogen (secondary N) is 2. The van der Waals surface area contributed by atoms with Crippen molar-refractivity contribution in [1.82, 2.24) is 15.0 Å². The van der Waals surface area contributed by atoms with Crippen LogP contribution in [0.15, 0.2) is 5.16 Å². The van der Waals surface area contributed by atoms with E-state index >= 15 is 0 Å². The zero-order chi connectivity index (χ0) is 14.7. The molecule has 2 heterocycles. The van der Waals surface area contributed by atoms with E-state index in [4.69, 9.17) is 21.7 Å². The standard InChI is InChI=1S/C11H17ClN6OS/c1-6(2)14-9-15-10(17-11(16-9)20-3)18-5-7(4-12)19-8(18)13/h6-7,13H,4-5H2,1-3H3,(H,14,15,16,17)/t7-/m0/s1. The highest BCUT2D eigenvalue weighted by Crippen LogP contribution is 2.21. The Morgan fingerprint density at radius 1 is 1.50 bits per heavy atom. The fraction of sp³-hybridized carbons (Fsp3) is 0.636. The number of rotatable bonds is 5. The minimum Gasteiger partial charge on any atom is -0.459 e. The van der Waals surface area contributed by atoms with Gasteiger partial charge in [-0.15, -0.1) is 11.6 Å². The van der Waals surface area contributed by atoms with Gasteiger partial charge < -0.3 is 10.1 Å². The average Bonchev–Trinajstić information content (AvgIpc) is 2.79. The molecule has 9 heteroatoms. The molecule has 1 aromatic rings. The molecule has 0 bridgehead atoms. The minimum atomic E-state index is -0.208. The maximum atomic E-state index is 7.83. The van der Waals surface area contributed by atoms with Crippen molar-refractivity contribution in [3.8, 4) is 0 Å². The van der Waals surface area contributed by atoms with Gasteiger partial charge in [0.25, 0.3) is 6.02 Å². The molecule has 1 atom stereocenters. The minimum absolute atomic E-state index is 0.0180. The first-order chi connectivity index (χ1) is 9.53. The van der Waals surface area contributed by atoms with Crippen molar-refractivity contribution < 1.29 is 4.74 Å². The first-order valence-corrected chi connectivity index (χ1v) is 7.94. The molecule has 7 nitrogen and oxygen atoms in total. The lowest BCUT2D eigenvalue weighted by molar-refractivity contribution is 0.253. The molecule has 0 amide bonds. The number of halogens is 1. The lowest BCUT2D eigenvalue weighted by atomic mass is 10.4. The summed E-state index contributed by atoms with van der Waals surface area (Å²) >= 11 is 7.19. The number of aromatic nitrogens is 3. The van der Waals surface area contributed by atoms with E-state index in [1.54, 1.807) is 4.90 Å². The molecular formula is C11H17ClN6OS. The number of hydrogen-bond acceptors (Lipinski definition) is 7. The highest BCUT2D eigenvalue weighted by Gasteiger charge is 2.31. The Labute approximate surface area is 127 Å². The van der Waals surface area contributed by atoms with E-state index in [0.29, 0.717) is 29.5 Å². The Hall–Kier alpha value is -1.28. The number of ether oxygens (including phenoxy) is 1. The molecule has 0 aliphatic carbocycles. The van der Waals surface area contributed by atoms with Crippen LogP contribution in [0.1, 0.15) is 13.8 Å². The average molecular weight is 317 g/mol. The largest absolute Gasteiger partial charge is 0.459 e. The third-order valence-corrected chi connectivity index (χ3v) is 3.42. The van der Waals surface area contributed by atoms with Crippen LogP contribution in [-0.4, -0.2) is 51.8 Å². The van der Waals surface area contributed by atoms with Crippen molar-refractivity contribution >= 4 is 41.3 Å². The van der Waals surface area contributed by atoms with Gasteiger partial charge in [-0.1, -0.05) is 11.8 Å². The quantitative estimate of drug-likeness (QED) is 0.632. The number of hydrogen-bond donors (Lipinski definition) is 2. The molecule has 20 heavy (non-hydrogen) atoms. The predicted molar refractivity (Wildman–Crippen MR) is 81.0 cm³/mol. The molecule has 1 aromatic heterocycles. The molecule has 0 saturated carbocycles. The molecule has 0 radical (unpaired) electrons. The molecule has 0 aromatic carbocycles. The highest BCUT2D eigenvalue weighted by atomic mass is 35.5. The lowest BCUT2D eigenvalue weighted by Gasteiger charge is -2.15. The maximum Gasteiger partial charge on any atom is 0.291 e. The Bertz CT molecular complexity index is 500. The van der Waals surface area contributed by atoms with Crippen molar-refractivity contribution in [3.05, 3.63) is 0 Å². The van der Waals surface area contributed by atoms with Crippen molar-refractivity contribution in [3.63, 3.8) is 0 Å². The van der Waals surface area contributed by atoms with Crippen LogP contribution in [0.25, 0.3) is 0 Å². The van der Waals surface area contributed by atoms with Crippen LogP contribution in [0.4, 0.5) is 11.9 Å². The summed E-state index contributed by atoms with van der Waals surface area (Å²) in [5, 5.41) is 11.6. The fourth-order valence-corrected chi connectivity index (χ4v) is 2.19. The molecule has 1 saturated heterocycles. The first-order valence-electron chi connectivity index (χ1n) is 6.18. The van der Waals surface area contributed by atoms with Gasteiger partial charge in [0.1, 0.15) is 6.10 Å². The van der Waals surface area contributed by atoms with Gasteiger partial charge in [0, 0.05) is 6.04 Å². The Morgan fingerprint density at radius 2 is 2.25 bits per heavy atom. The van der Waals surface area contributed by atoms with Gasteiger partial charge in [-0.3, -0.25) is 10.3 Å². The van der Waals surface area contributed by atoms with Crippen molar-refractivity contribution in [1.29, 1.82) is 5.41 Å². The first kappa shape index (κ1) is 15.1. The van der Waals surface area contributed by atoms with Crippen LogP contribution >= 0.6 is 23.4 Å². The molecule has 0 spiro atoms. The monoisotopic (exact) mass is 316 g/mol. The van der Waals surface area contributed by atoms with Crippen LogP contribution in [0.2, 0.25) is 0 Å². The van der Waals surface area contributed by atoms with E-state index in [0.717, 1.165) is 0 Å². The van der Waals surface area contributed by atoms with Gasteiger partial charge in [-0.2, -0.15) is 15.0 Å². The molecule has 1 fully saturated rings. The summed E-state index contributed by atoms with van der Waals surface area (Å²) in [4.78, 5) is 14.6. The second kappa shape index (κ2) is 6.45. The van der Waals surface area contributed by atoms with Crippen molar-refractivity contribution in [2.75, 3.05) is 28.9 Å². The van der Waals surface area contributed by atoms with Gasteiger partial charge in [0.2, 0.25) is 11.9 Å². The van der Waals surface area contributed by atoms with Gasteiger partial charge in [-0.05, 0) is 20.1 Å². The fourth-order valence-electron chi connectivity index (χ4n) is 1.68. The topological polar surface area (TPSA) is 87.0 Å². The summed E-state index contributed by atoms with van der Waals surface area (Å²) in [5.41, 5.74) is 0. The molecular weight excluding hydrogens is 300 g/mol. The number of thioether (sulfide) groups is 1. The second-order valence-electron chi connectivity index (χ2n) is 4.55. The molecule has 1 aliphatic rings. The summed E-state index contributed by atoms with van der Waals surface area (Å²) in [7, 11) is 0. The summed E-state index contributed by atoms with van der Waals surface area (Å²) < 4.78 is 5.32. The van der Waals surface area contributed by atoms with E-state index in [9.17, 15) is 0 Å². The van der Waals surface area contributed by atoms with Crippen LogP contribution in [-0.2, 0) is 4.74 Å². The van der Waals surface area contributed by atoms with E-state index < -0.39 is 0 Å². The van der Waals surface area contributed by atoms with Gasteiger partial charge in [0.15, 0.2) is 5.16 Å². The summed E-state index contributed by atoms with van der Waals surface area (Å²) in [6.07, 6.45) is 1.69. The summed E-state index contributed by atoms with van der Waals surface area (Å²) in [5.74, 6) is 1.23. The van der Waals surface area contributed by atoms with Gasteiger partial charge in [-0.25, -0.2) is 0 Å². The van der Waals surface area contributed by atoms with Crippen LogP contribution in [0.3, 0.4) is 0 Å². The normalized spacial score (nSPS) is 18.6. The zero-order valence-electron chi connectivity index (χ0n) is 11.6. The van der Waals surface area contributed by atoms with Gasteiger partial charge in [0.05, 0.1) is 12.4 Å². The Kier molecular flexibility index (Phi) is 4.87. The molecule has 110 valence electrons. The van der Waals surface area contributed by atoms with Gasteiger partial charge >= 0.3 is 0 Å². The van der Waals surface area contributed by atoms with E-state index in [1.165, 1.54) is 11.8 Å². The Morgan fingerprint density at radius 3 is 2.80 bits per heavy atom. The smallest absolute Gasteiger partial charge is 0.291 e. The molecule has 2 N–H and O–H groups in total. The molecule has 1 aliphatic heterocycles. The van der Waals surface area contributed by atoms with Crippen molar-refractivity contribution in [2.45, 2.75) is 31.1 Å². The number of amidine groups is 1. The number of nitrogens with zero attached hydrogens (tertiary/aromatic N) is 4. The van der Waals surface area contributed by atoms with Crippen molar-refractivity contribution in [2.24, 2.45) is 0 Å². The third-order valence-electron chi connectivity index (χ3n) is 2.53. The highest BCUT2D eigenvalue weighted by molar-refractivity contribution is 7.98. The third kappa shape index (κ3) is 3.43. The molecule has 2 rings (SSSR count). The van der Waals surface area contributed by atoms with E-state index in [-0.39, 0.29) is 18.2 Å². The van der Waals surface area contributed by atoms with Crippen LogP contribution in [0, 0.1) is 5.41 Å². The van der Waals surface area contributed by atoms with Crippen LogP contribution in [0.5, 0.6) is 0 Å². The predicted octanol–water partition coefficient (Wildman–Crippen LogP) is 1.79. The van der Waals surface area contributed by atoms with E-state index in [1.807, 2.05) is 20.1 Å². The Balaban J connectivity index is 2.28.